The van der Waals surface area contributed by atoms with Crippen molar-refractivity contribution in [1.82, 2.24) is 10.6 Å². The Labute approximate surface area is 190 Å². The topological polar surface area (TPSA) is 59.6 Å². The van der Waals surface area contributed by atoms with Crippen molar-refractivity contribution < 1.29 is 14.3 Å². The minimum absolute atomic E-state index is 0.00553. The number of nitrogens with one attached hydrogen (secondary N) is 2. The van der Waals surface area contributed by atoms with E-state index in [0.717, 1.165) is 57.6 Å². The molecule has 2 aromatic carbocycles. The van der Waals surface area contributed by atoms with Gasteiger partial charge in [-0.2, -0.15) is 0 Å². The second kappa shape index (κ2) is 10.1. The van der Waals surface area contributed by atoms with Crippen LogP contribution in [0.25, 0.3) is 0 Å². The van der Waals surface area contributed by atoms with E-state index in [9.17, 15) is 4.79 Å². The molecule has 0 bridgehead atoms. The molecule has 2 fully saturated rings. The Kier molecular flexibility index (Phi) is 6.75. The number of ether oxygens (including phenoxy) is 2. The lowest BCUT2D eigenvalue weighted by atomic mass is 9.83. The van der Waals surface area contributed by atoms with Crippen LogP contribution in [0.1, 0.15) is 65.1 Å². The standard InChI is InChI=1S/C27H34N2O3/c30-27(19-8-11-25(12-9-19)32-18-26-4-2-14-31-26)29-24-10-7-20-15-21(5-6-22(20)16-24)23-3-1-13-28-17-23/h5-6,8-9,11-12,15,23-24,26,28H,1-4,7,10,13-14,16-18H2,(H,29,30)/t23-,24?,26+/m1/s1. The molecule has 5 rings (SSSR count). The molecule has 3 atom stereocenters. The third-order valence-corrected chi connectivity index (χ3v) is 7.14. The van der Waals surface area contributed by atoms with E-state index in [1.54, 1.807) is 0 Å². The maximum absolute atomic E-state index is 12.8. The van der Waals surface area contributed by atoms with E-state index in [2.05, 4.69) is 28.8 Å². The quantitative estimate of drug-likeness (QED) is 0.722. The molecule has 5 nitrogen and oxygen atoms in total. The van der Waals surface area contributed by atoms with Crippen molar-refractivity contribution >= 4 is 5.91 Å². The van der Waals surface area contributed by atoms with Crippen LogP contribution in [0.4, 0.5) is 0 Å². The van der Waals surface area contributed by atoms with Gasteiger partial charge >= 0.3 is 0 Å². The number of carbonyl (C=O) groups excluding carboxylic acids is 1. The van der Waals surface area contributed by atoms with Crippen LogP contribution < -0.4 is 15.4 Å². The average molecular weight is 435 g/mol. The molecule has 2 aliphatic heterocycles. The van der Waals surface area contributed by atoms with Crippen LogP contribution in [-0.2, 0) is 17.6 Å². The van der Waals surface area contributed by atoms with Gasteiger partial charge in [-0.05, 0) is 98.4 Å². The molecule has 170 valence electrons. The fraction of sp³-hybridized carbons (Fsp3) is 0.519. The summed E-state index contributed by atoms with van der Waals surface area (Å²) >= 11 is 0. The van der Waals surface area contributed by atoms with Gasteiger partial charge in [0.15, 0.2) is 0 Å². The summed E-state index contributed by atoms with van der Waals surface area (Å²) in [6.07, 6.45) is 7.84. The van der Waals surface area contributed by atoms with E-state index in [1.165, 1.54) is 29.5 Å². The van der Waals surface area contributed by atoms with E-state index in [1.807, 2.05) is 24.3 Å². The van der Waals surface area contributed by atoms with Crippen molar-refractivity contribution in [3.63, 3.8) is 0 Å². The molecule has 0 radical (unpaired) electrons. The summed E-state index contributed by atoms with van der Waals surface area (Å²) in [6, 6.07) is 14.6. The molecule has 2 heterocycles. The predicted molar refractivity (Wildman–Crippen MR) is 125 cm³/mol. The molecular weight excluding hydrogens is 400 g/mol. The van der Waals surface area contributed by atoms with Crippen LogP contribution in [0.3, 0.4) is 0 Å². The molecule has 5 heteroatoms. The number of benzene rings is 2. The van der Waals surface area contributed by atoms with Gasteiger partial charge < -0.3 is 20.1 Å². The number of hydrogen-bond acceptors (Lipinski definition) is 4. The SMILES string of the molecule is O=C(NC1CCc2cc([C@@H]3CCCNC3)ccc2C1)c1ccc(OC[C@@H]2CCCO2)cc1. The molecular formula is C27H34N2O3. The number of rotatable bonds is 6. The van der Waals surface area contributed by atoms with Gasteiger partial charge in [0.05, 0.1) is 6.10 Å². The van der Waals surface area contributed by atoms with Crippen molar-refractivity contribution in [2.24, 2.45) is 0 Å². The molecule has 0 spiro atoms. The molecule has 3 aliphatic rings. The largest absolute Gasteiger partial charge is 0.491 e. The van der Waals surface area contributed by atoms with Crippen LogP contribution in [0.2, 0.25) is 0 Å². The first-order valence-corrected chi connectivity index (χ1v) is 12.2. The zero-order chi connectivity index (χ0) is 21.8. The zero-order valence-corrected chi connectivity index (χ0v) is 18.8. The maximum atomic E-state index is 12.8. The monoisotopic (exact) mass is 434 g/mol. The van der Waals surface area contributed by atoms with E-state index >= 15 is 0 Å². The molecule has 1 amide bonds. The normalized spacial score (nSPS) is 25.2. The summed E-state index contributed by atoms with van der Waals surface area (Å²) in [5.41, 5.74) is 5.00. The molecule has 1 aliphatic carbocycles. The van der Waals surface area contributed by atoms with Crippen LogP contribution in [0.5, 0.6) is 5.75 Å². The van der Waals surface area contributed by atoms with Crippen molar-refractivity contribution in [3.8, 4) is 5.75 Å². The first-order valence-electron chi connectivity index (χ1n) is 12.2. The van der Waals surface area contributed by atoms with Crippen LogP contribution in [0.15, 0.2) is 42.5 Å². The fourth-order valence-electron chi connectivity index (χ4n) is 5.22. The summed E-state index contributed by atoms with van der Waals surface area (Å²) in [5, 5.41) is 6.76. The third kappa shape index (κ3) is 5.16. The van der Waals surface area contributed by atoms with E-state index in [-0.39, 0.29) is 18.1 Å². The van der Waals surface area contributed by atoms with Gasteiger partial charge in [-0.15, -0.1) is 0 Å². The van der Waals surface area contributed by atoms with E-state index in [4.69, 9.17) is 9.47 Å². The molecule has 2 N–H and O–H groups in total. The summed E-state index contributed by atoms with van der Waals surface area (Å²) in [7, 11) is 0. The first-order chi connectivity index (χ1) is 15.7. The number of amides is 1. The first kappa shape index (κ1) is 21.5. The Morgan fingerprint density at radius 2 is 1.97 bits per heavy atom. The molecule has 2 aromatic rings. The highest BCUT2D eigenvalue weighted by Crippen LogP contribution is 2.29. The van der Waals surface area contributed by atoms with Gasteiger partial charge in [0.1, 0.15) is 12.4 Å². The van der Waals surface area contributed by atoms with Gasteiger partial charge in [0.25, 0.3) is 5.91 Å². The number of carbonyl (C=O) groups is 1. The van der Waals surface area contributed by atoms with Crippen LogP contribution in [-0.4, -0.2) is 44.4 Å². The Morgan fingerprint density at radius 1 is 1.06 bits per heavy atom. The van der Waals surface area contributed by atoms with Crippen LogP contribution in [0, 0.1) is 0 Å². The highest BCUT2D eigenvalue weighted by molar-refractivity contribution is 5.94. The lowest BCUT2D eigenvalue weighted by molar-refractivity contribution is 0.0679. The van der Waals surface area contributed by atoms with E-state index in [0.29, 0.717) is 18.1 Å². The summed E-state index contributed by atoms with van der Waals surface area (Å²) < 4.78 is 11.4. The second-order valence-electron chi connectivity index (χ2n) is 9.46. The average Bonchev–Trinajstić information content (AvgIpc) is 3.37. The van der Waals surface area contributed by atoms with Crippen molar-refractivity contribution in [2.75, 3.05) is 26.3 Å². The van der Waals surface area contributed by atoms with E-state index < -0.39 is 0 Å². The molecule has 1 unspecified atom stereocenters. The van der Waals surface area contributed by atoms with Crippen molar-refractivity contribution in [3.05, 3.63) is 64.7 Å². The van der Waals surface area contributed by atoms with Gasteiger partial charge in [0, 0.05) is 24.8 Å². The Bertz CT molecular complexity index is 915. The van der Waals surface area contributed by atoms with Gasteiger partial charge in [-0.1, -0.05) is 18.2 Å². The number of hydrogen-bond donors (Lipinski definition) is 2. The Balaban J connectivity index is 1.14. The highest BCUT2D eigenvalue weighted by atomic mass is 16.5. The highest BCUT2D eigenvalue weighted by Gasteiger charge is 2.23. The molecule has 0 saturated carbocycles. The molecule has 32 heavy (non-hydrogen) atoms. The maximum Gasteiger partial charge on any atom is 0.251 e. The van der Waals surface area contributed by atoms with Crippen molar-refractivity contribution in [2.45, 2.75) is 63.0 Å². The third-order valence-electron chi connectivity index (χ3n) is 7.14. The lowest BCUT2D eigenvalue weighted by Crippen LogP contribution is -2.38. The minimum atomic E-state index is -0.00553. The smallest absolute Gasteiger partial charge is 0.251 e. The summed E-state index contributed by atoms with van der Waals surface area (Å²) in [4.78, 5) is 12.8. The molecule has 2 saturated heterocycles. The summed E-state index contributed by atoms with van der Waals surface area (Å²) in [6.45, 7) is 3.65. The number of fused-ring (bicyclic) bond motifs is 1. The number of aryl methyl sites for hydroxylation is 1. The fourth-order valence-corrected chi connectivity index (χ4v) is 5.22. The lowest BCUT2D eigenvalue weighted by Gasteiger charge is -2.28. The van der Waals surface area contributed by atoms with Gasteiger partial charge in [-0.3, -0.25) is 4.79 Å². The Hall–Kier alpha value is -2.37. The predicted octanol–water partition coefficient (Wildman–Crippen LogP) is 4.00. The van der Waals surface area contributed by atoms with Crippen LogP contribution >= 0.6 is 0 Å². The zero-order valence-electron chi connectivity index (χ0n) is 18.8. The van der Waals surface area contributed by atoms with Crippen molar-refractivity contribution in [1.29, 1.82) is 0 Å². The minimum Gasteiger partial charge on any atom is -0.491 e. The molecule has 0 aromatic heterocycles. The van der Waals surface area contributed by atoms with Gasteiger partial charge in [0.2, 0.25) is 0 Å². The second-order valence-corrected chi connectivity index (χ2v) is 9.46. The Morgan fingerprint density at radius 3 is 2.75 bits per heavy atom. The summed E-state index contributed by atoms with van der Waals surface area (Å²) in [5.74, 6) is 1.42. The number of piperidine rings is 1. The van der Waals surface area contributed by atoms with Gasteiger partial charge in [-0.25, -0.2) is 0 Å².